The van der Waals surface area contributed by atoms with Gasteiger partial charge < -0.3 is 5.73 Å². The second-order valence-electron chi connectivity index (χ2n) is 6.18. The van der Waals surface area contributed by atoms with Crippen molar-refractivity contribution in [1.82, 2.24) is 0 Å². The molecule has 1 aromatic carbocycles. The number of rotatable bonds is 3. The molecule has 3 unspecified atom stereocenters. The Morgan fingerprint density at radius 3 is 2.06 bits per heavy atom. The van der Waals surface area contributed by atoms with Gasteiger partial charge >= 0.3 is 0 Å². The van der Waals surface area contributed by atoms with E-state index in [-0.39, 0.29) is 6.04 Å². The molecular formula is C16H23N. The average Bonchev–Trinajstić information content (AvgIpc) is 2.81. The molecule has 2 N–H and O–H groups in total. The second kappa shape index (κ2) is 4.13. The van der Waals surface area contributed by atoms with Crippen molar-refractivity contribution in [2.75, 3.05) is 0 Å². The zero-order chi connectivity index (χ0) is 12.0. The summed E-state index contributed by atoms with van der Waals surface area (Å²) in [6.07, 6.45) is 4.28. The third-order valence-corrected chi connectivity index (χ3v) is 4.88. The lowest BCUT2D eigenvalue weighted by Gasteiger charge is -2.15. The quantitative estimate of drug-likeness (QED) is 0.837. The maximum atomic E-state index is 6.42. The predicted octanol–water partition coefficient (Wildman–Crippen LogP) is 3.86. The summed E-state index contributed by atoms with van der Waals surface area (Å²) < 4.78 is 0. The van der Waals surface area contributed by atoms with Crippen LogP contribution in [0.1, 0.15) is 56.2 Å². The lowest BCUT2D eigenvalue weighted by molar-refractivity contribution is 0.501. The zero-order valence-corrected chi connectivity index (χ0v) is 10.9. The fourth-order valence-corrected chi connectivity index (χ4v) is 3.73. The Kier molecular flexibility index (Phi) is 2.74. The van der Waals surface area contributed by atoms with Gasteiger partial charge in [-0.1, -0.05) is 44.5 Å². The fraction of sp³-hybridized carbons (Fsp3) is 0.625. The van der Waals surface area contributed by atoms with Crippen LogP contribution in [0.3, 0.4) is 0 Å². The predicted molar refractivity (Wildman–Crippen MR) is 71.8 cm³/mol. The molecule has 1 heteroatoms. The van der Waals surface area contributed by atoms with Gasteiger partial charge in [-0.2, -0.15) is 0 Å². The van der Waals surface area contributed by atoms with Gasteiger partial charge in [0.2, 0.25) is 0 Å². The van der Waals surface area contributed by atoms with Gasteiger partial charge in [0.1, 0.15) is 0 Å². The standard InChI is InChI=1S/C16H23N/c1-10(2)11-6-8-12(9-7-11)16(17)15-13-4-3-5-14(13)15/h6-10,13-16H,3-5,17H2,1-2H3. The summed E-state index contributed by atoms with van der Waals surface area (Å²) in [6, 6.07) is 9.27. The second-order valence-corrected chi connectivity index (χ2v) is 6.18. The van der Waals surface area contributed by atoms with Crippen LogP contribution < -0.4 is 5.73 Å². The minimum atomic E-state index is 0.284. The summed E-state index contributed by atoms with van der Waals surface area (Å²) in [5.74, 6) is 3.30. The minimum absolute atomic E-state index is 0.284. The topological polar surface area (TPSA) is 26.0 Å². The highest BCUT2D eigenvalue weighted by Crippen LogP contribution is 2.61. The van der Waals surface area contributed by atoms with E-state index in [1.165, 1.54) is 30.4 Å². The smallest absolute Gasteiger partial charge is 0.0329 e. The summed E-state index contributed by atoms with van der Waals surface area (Å²) in [4.78, 5) is 0. The molecule has 92 valence electrons. The van der Waals surface area contributed by atoms with Crippen LogP contribution in [0, 0.1) is 17.8 Å². The normalized spacial score (nSPS) is 32.6. The van der Waals surface area contributed by atoms with Crippen LogP contribution in [0.4, 0.5) is 0 Å². The van der Waals surface area contributed by atoms with E-state index in [1.54, 1.807) is 0 Å². The van der Waals surface area contributed by atoms with Gasteiger partial charge in [-0.25, -0.2) is 0 Å². The molecule has 0 aromatic heterocycles. The molecule has 1 nitrogen and oxygen atoms in total. The number of hydrogen-bond acceptors (Lipinski definition) is 1. The average molecular weight is 229 g/mol. The largest absolute Gasteiger partial charge is 0.324 e. The Bertz CT molecular complexity index is 382. The monoisotopic (exact) mass is 229 g/mol. The molecule has 0 radical (unpaired) electrons. The third-order valence-electron chi connectivity index (χ3n) is 4.88. The highest BCUT2D eigenvalue weighted by molar-refractivity contribution is 5.28. The molecule has 2 saturated carbocycles. The van der Waals surface area contributed by atoms with Crippen molar-refractivity contribution in [2.24, 2.45) is 23.5 Å². The van der Waals surface area contributed by atoms with Gasteiger partial charge in [0.05, 0.1) is 0 Å². The first-order valence-electron chi connectivity index (χ1n) is 7.04. The maximum Gasteiger partial charge on any atom is 0.0329 e. The van der Waals surface area contributed by atoms with E-state index >= 15 is 0 Å². The van der Waals surface area contributed by atoms with Crippen molar-refractivity contribution in [2.45, 2.75) is 45.1 Å². The van der Waals surface area contributed by atoms with E-state index in [1.807, 2.05) is 0 Å². The van der Waals surface area contributed by atoms with E-state index in [0.29, 0.717) is 5.92 Å². The van der Waals surface area contributed by atoms with Gasteiger partial charge in [-0.3, -0.25) is 0 Å². The molecule has 0 aliphatic heterocycles. The molecule has 0 saturated heterocycles. The van der Waals surface area contributed by atoms with E-state index in [4.69, 9.17) is 5.73 Å². The molecule has 2 fully saturated rings. The lowest BCUT2D eigenvalue weighted by Crippen LogP contribution is -2.15. The first kappa shape index (κ1) is 11.3. The molecule has 2 aliphatic carbocycles. The van der Waals surface area contributed by atoms with Gasteiger partial charge in [0, 0.05) is 6.04 Å². The maximum absolute atomic E-state index is 6.42. The number of hydrogen-bond donors (Lipinski definition) is 1. The van der Waals surface area contributed by atoms with E-state index in [2.05, 4.69) is 38.1 Å². The SMILES string of the molecule is CC(C)c1ccc(C(N)C2C3CCCC32)cc1. The van der Waals surface area contributed by atoms with Crippen molar-refractivity contribution < 1.29 is 0 Å². The number of nitrogens with two attached hydrogens (primary N) is 1. The molecular weight excluding hydrogens is 206 g/mol. The molecule has 17 heavy (non-hydrogen) atoms. The molecule has 0 bridgehead atoms. The summed E-state index contributed by atoms with van der Waals surface area (Å²) >= 11 is 0. The van der Waals surface area contributed by atoms with Gasteiger partial charge in [0.25, 0.3) is 0 Å². The molecule has 0 heterocycles. The first-order valence-corrected chi connectivity index (χ1v) is 7.04. The minimum Gasteiger partial charge on any atom is -0.324 e. The van der Waals surface area contributed by atoms with Gasteiger partial charge in [-0.05, 0) is 47.6 Å². The van der Waals surface area contributed by atoms with Crippen molar-refractivity contribution >= 4 is 0 Å². The van der Waals surface area contributed by atoms with Gasteiger partial charge in [-0.15, -0.1) is 0 Å². The summed E-state index contributed by atoms with van der Waals surface area (Å²) in [5.41, 5.74) is 9.17. The lowest BCUT2D eigenvalue weighted by atomic mass is 9.95. The van der Waals surface area contributed by atoms with E-state index in [9.17, 15) is 0 Å². The van der Waals surface area contributed by atoms with E-state index in [0.717, 1.165) is 17.8 Å². The molecule has 3 rings (SSSR count). The summed E-state index contributed by atoms with van der Waals surface area (Å²) in [5, 5.41) is 0. The summed E-state index contributed by atoms with van der Waals surface area (Å²) in [6.45, 7) is 4.47. The molecule has 2 aliphatic rings. The van der Waals surface area contributed by atoms with E-state index < -0.39 is 0 Å². The Hall–Kier alpha value is -0.820. The number of fused-ring (bicyclic) bond motifs is 1. The van der Waals surface area contributed by atoms with Crippen LogP contribution in [-0.2, 0) is 0 Å². The summed E-state index contributed by atoms with van der Waals surface area (Å²) in [7, 11) is 0. The van der Waals surface area contributed by atoms with Crippen molar-refractivity contribution in [1.29, 1.82) is 0 Å². The van der Waals surface area contributed by atoms with Crippen LogP contribution in [-0.4, -0.2) is 0 Å². The van der Waals surface area contributed by atoms with Crippen LogP contribution >= 0.6 is 0 Å². The van der Waals surface area contributed by atoms with Crippen molar-refractivity contribution in [3.8, 4) is 0 Å². The Morgan fingerprint density at radius 1 is 1.00 bits per heavy atom. The fourth-order valence-electron chi connectivity index (χ4n) is 3.73. The number of benzene rings is 1. The third kappa shape index (κ3) is 1.91. The van der Waals surface area contributed by atoms with Crippen molar-refractivity contribution in [3.63, 3.8) is 0 Å². The molecule has 0 amide bonds. The Morgan fingerprint density at radius 2 is 1.53 bits per heavy atom. The highest BCUT2D eigenvalue weighted by Gasteiger charge is 2.55. The van der Waals surface area contributed by atoms with Crippen LogP contribution in [0.15, 0.2) is 24.3 Å². The van der Waals surface area contributed by atoms with Crippen molar-refractivity contribution in [3.05, 3.63) is 35.4 Å². The zero-order valence-electron chi connectivity index (χ0n) is 10.9. The Labute approximate surface area is 104 Å². The molecule has 1 aromatic rings. The molecule has 0 spiro atoms. The van der Waals surface area contributed by atoms with Crippen LogP contribution in [0.2, 0.25) is 0 Å². The van der Waals surface area contributed by atoms with Crippen LogP contribution in [0.5, 0.6) is 0 Å². The van der Waals surface area contributed by atoms with Crippen LogP contribution in [0.25, 0.3) is 0 Å². The first-order chi connectivity index (χ1) is 8.18. The van der Waals surface area contributed by atoms with Gasteiger partial charge in [0.15, 0.2) is 0 Å². The molecule has 3 atom stereocenters. The Balaban J connectivity index is 1.72. The highest BCUT2D eigenvalue weighted by atomic mass is 14.7.